The van der Waals surface area contributed by atoms with Crippen LogP contribution in [0, 0.1) is 0 Å². The van der Waals surface area contributed by atoms with Crippen molar-refractivity contribution in [2.24, 2.45) is 0 Å². The third kappa shape index (κ3) is 9.72. The number of likely N-dealkylation sites (tertiary alicyclic amines) is 1. The molecule has 0 spiro atoms. The zero-order valence-corrected chi connectivity index (χ0v) is 26.5. The highest BCUT2D eigenvalue weighted by Crippen LogP contribution is 2.31. The number of amides is 1. The summed E-state index contributed by atoms with van der Waals surface area (Å²) in [5.41, 5.74) is 6.74. The number of nitrogens with zero attached hydrogens (tertiary/aromatic N) is 1. The lowest BCUT2D eigenvalue weighted by Gasteiger charge is -2.20. The Morgan fingerprint density at radius 1 is 0.711 bits per heavy atom. The maximum absolute atomic E-state index is 12.4. The van der Waals surface area contributed by atoms with Crippen LogP contribution in [0.1, 0.15) is 54.9 Å². The van der Waals surface area contributed by atoms with Crippen LogP contribution in [0.3, 0.4) is 0 Å². The van der Waals surface area contributed by atoms with Crippen LogP contribution in [0.4, 0.5) is 4.79 Å². The van der Waals surface area contributed by atoms with Crippen molar-refractivity contribution >= 4 is 11.7 Å². The van der Waals surface area contributed by atoms with Crippen LogP contribution in [0.15, 0.2) is 109 Å². The summed E-state index contributed by atoms with van der Waals surface area (Å²) >= 11 is 0. The van der Waals surface area contributed by atoms with Gasteiger partial charge in [0.2, 0.25) is 0 Å². The molecule has 4 aromatic carbocycles. The van der Waals surface area contributed by atoms with Gasteiger partial charge in [0.1, 0.15) is 23.9 Å². The van der Waals surface area contributed by atoms with E-state index in [-0.39, 0.29) is 0 Å². The second kappa shape index (κ2) is 16.5. The van der Waals surface area contributed by atoms with E-state index in [1.54, 1.807) is 7.11 Å². The van der Waals surface area contributed by atoms with E-state index in [1.807, 2.05) is 66.7 Å². The van der Waals surface area contributed by atoms with Crippen molar-refractivity contribution in [3.05, 3.63) is 131 Å². The van der Waals surface area contributed by atoms with E-state index in [0.717, 1.165) is 46.7 Å². The van der Waals surface area contributed by atoms with Gasteiger partial charge in [0.15, 0.2) is 0 Å². The summed E-state index contributed by atoms with van der Waals surface area (Å²) in [5, 5.41) is 2.81. The van der Waals surface area contributed by atoms with Gasteiger partial charge in [-0.1, -0.05) is 85.1 Å². The van der Waals surface area contributed by atoms with Crippen molar-refractivity contribution in [1.82, 2.24) is 10.2 Å². The third-order valence-corrected chi connectivity index (χ3v) is 8.21. The number of nitrogens with one attached hydrogen (secondary N) is 1. The normalized spacial score (nSPS) is 14.2. The first kappa shape index (κ1) is 31.9. The highest BCUT2D eigenvalue weighted by Gasteiger charge is 2.13. The van der Waals surface area contributed by atoms with E-state index in [4.69, 9.17) is 14.2 Å². The molecule has 4 aromatic rings. The summed E-state index contributed by atoms with van der Waals surface area (Å²) in [6, 6.07) is 34.1. The summed E-state index contributed by atoms with van der Waals surface area (Å²) in [5.74, 6) is 2.21. The van der Waals surface area contributed by atoms with Gasteiger partial charge in [-0.15, -0.1) is 0 Å². The molecule has 1 aliphatic rings. The lowest BCUT2D eigenvalue weighted by atomic mass is 9.90. The summed E-state index contributed by atoms with van der Waals surface area (Å²) in [7, 11) is 1.68. The maximum atomic E-state index is 12.4. The van der Waals surface area contributed by atoms with Crippen molar-refractivity contribution in [3.63, 3.8) is 0 Å². The molecule has 0 saturated carbocycles. The Balaban J connectivity index is 1.29. The minimum atomic E-state index is -0.482. The Morgan fingerprint density at radius 3 is 1.93 bits per heavy atom. The van der Waals surface area contributed by atoms with Crippen molar-refractivity contribution < 1.29 is 19.0 Å². The molecular formula is C39H44N2O4. The SMILES string of the molecule is COc1ccc(C/C(C)=C(/c2ccc(OCCN3CCCCCC3)cc2)c2ccc(OC(=O)NCc3ccccc3)cc2)cc1. The number of rotatable bonds is 12. The van der Waals surface area contributed by atoms with Crippen molar-refractivity contribution in [3.8, 4) is 17.2 Å². The number of ether oxygens (including phenoxy) is 3. The molecule has 1 saturated heterocycles. The zero-order chi connectivity index (χ0) is 31.3. The topological polar surface area (TPSA) is 60.0 Å². The van der Waals surface area contributed by atoms with Crippen LogP contribution in [0.25, 0.3) is 5.57 Å². The van der Waals surface area contributed by atoms with E-state index in [2.05, 4.69) is 53.5 Å². The number of benzene rings is 4. The summed E-state index contributed by atoms with van der Waals surface area (Å²) < 4.78 is 17.1. The molecule has 1 aliphatic heterocycles. The number of allylic oxidation sites excluding steroid dienone is 1. The number of hydrogen-bond donors (Lipinski definition) is 1. The van der Waals surface area contributed by atoms with E-state index in [1.165, 1.54) is 49.9 Å². The van der Waals surface area contributed by atoms with E-state index < -0.39 is 6.09 Å². The van der Waals surface area contributed by atoms with Gasteiger partial charge < -0.3 is 19.5 Å². The maximum Gasteiger partial charge on any atom is 0.412 e. The molecule has 1 amide bonds. The number of carbonyl (C=O) groups is 1. The van der Waals surface area contributed by atoms with Crippen LogP contribution in [0.2, 0.25) is 0 Å². The molecule has 6 nitrogen and oxygen atoms in total. The average molecular weight is 605 g/mol. The van der Waals surface area contributed by atoms with Crippen molar-refractivity contribution in [1.29, 1.82) is 0 Å². The number of methoxy groups -OCH3 is 1. The molecule has 6 heteroatoms. The fraction of sp³-hybridized carbons (Fsp3) is 0.308. The Bertz CT molecular complexity index is 1510. The molecule has 1 N–H and O–H groups in total. The fourth-order valence-electron chi connectivity index (χ4n) is 5.77. The fourth-order valence-corrected chi connectivity index (χ4v) is 5.77. The van der Waals surface area contributed by atoms with Gasteiger partial charge in [0, 0.05) is 13.1 Å². The highest BCUT2D eigenvalue weighted by molar-refractivity contribution is 5.83. The molecule has 45 heavy (non-hydrogen) atoms. The Morgan fingerprint density at radius 2 is 1.31 bits per heavy atom. The summed E-state index contributed by atoms with van der Waals surface area (Å²) in [6.07, 6.45) is 5.55. The standard InChI is InChI=1S/C39H44N2O4/c1-30(28-31-12-18-35(43-2)19-13-31)38(33-14-20-36(21-15-33)44-27-26-41-24-8-3-4-9-25-41)34-16-22-37(23-17-34)45-39(42)40-29-32-10-6-5-7-11-32/h5-7,10-23H,3-4,8-9,24-29H2,1-2H3,(H,40,42)/b38-30-. The van der Waals surface area contributed by atoms with Gasteiger partial charge in [-0.05, 0) is 104 Å². The van der Waals surface area contributed by atoms with Crippen LogP contribution < -0.4 is 19.5 Å². The Labute approximate surface area is 267 Å². The zero-order valence-electron chi connectivity index (χ0n) is 26.5. The Kier molecular flexibility index (Phi) is 11.7. The first-order chi connectivity index (χ1) is 22.1. The van der Waals surface area contributed by atoms with Crippen LogP contribution in [-0.4, -0.2) is 44.3 Å². The van der Waals surface area contributed by atoms with E-state index in [9.17, 15) is 4.79 Å². The van der Waals surface area contributed by atoms with Crippen molar-refractivity contribution in [2.45, 2.75) is 45.6 Å². The molecule has 5 rings (SSSR count). The van der Waals surface area contributed by atoms with Crippen LogP contribution in [-0.2, 0) is 13.0 Å². The largest absolute Gasteiger partial charge is 0.497 e. The van der Waals surface area contributed by atoms with Gasteiger partial charge in [0.05, 0.1) is 7.11 Å². The summed E-state index contributed by atoms with van der Waals surface area (Å²) in [4.78, 5) is 14.9. The predicted molar refractivity (Wildman–Crippen MR) is 181 cm³/mol. The second-order valence-electron chi connectivity index (χ2n) is 11.6. The van der Waals surface area contributed by atoms with Crippen LogP contribution in [0.5, 0.6) is 17.2 Å². The monoisotopic (exact) mass is 604 g/mol. The van der Waals surface area contributed by atoms with Crippen LogP contribution >= 0.6 is 0 Å². The molecule has 0 unspecified atom stereocenters. The molecule has 0 aromatic heterocycles. The average Bonchev–Trinajstić information content (AvgIpc) is 3.35. The minimum Gasteiger partial charge on any atom is -0.497 e. The molecule has 1 fully saturated rings. The third-order valence-electron chi connectivity index (χ3n) is 8.21. The van der Waals surface area contributed by atoms with E-state index >= 15 is 0 Å². The molecular weight excluding hydrogens is 560 g/mol. The molecule has 0 atom stereocenters. The van der Waals surface area contributed by atoms with Gasteiger partial charge in [-0.25, -0.2) is 4.79 Å². The number of carbonyl (C=O) groups excluding carboxylic acids is 1. The van der Waals surface area contributed by atoms with Gasteiger partial charge in [-0.3, -0.25) is 4.90 Å². The molecule has 0 aliphatic carbocycles. The van der Waals surface area contributed by atoms with Gasteiger partial charge in [-0.2, -0.15) is 0 Å². The van der Waals surface area contributed by atoms with Gasteiger partial charge in [0.25, 0.3) is 0 Å². The smallest absolute Gasteiger partial charge is 0.412 e. The van der Waals surface area contributed by atoms with Gasteiger partial charge >= 0.3 is 6.09 Å². The minimum absolute atomic E-state index is 0.410. The Hall–Kier alpha value is -4.55. The molecule has 1 heterocycles. The quantitative estimate of drug-likeness (QED) is 0.176. The van der Waals surface area contributed by atoms with Crippen molar-refractivity contribution in [2.75, 3.05) is 33.4 Å². The first-order valence-corrected chi connectivity index (χ1v) is 16.0. The highest BCUT2D eigenvalue weighted by atomic mass is 16.6. The number of hydrogen-bond acceptors (Lipinski definition) is 5. The van der Waals surface area contributed by atoms with E-state index in [0.29, 0.717) is 18.9 Å². The first-order valence-electron chi connectivity index (χ1n) is 16.0. The molecule has 0 bridgehead atoms. The predicted octanol–water partition coefficient (Wildman–Crippen LogP) is 8.30. The lowest BCUT2D eigenvalue weighted by Crippen LogP contribution is -2.29. The molecule has 234 valence electrons. The lowest BCUT2D eigenvalue weighted by molar-refractivity contribution is 0.200. The second-order valence-corrected chi connectivity index (χ2v) is 11.6. The summed E-state index contributed by atoms with van der Waals surface area (Å²) in [6.45, 7) is 6.59. The molecule has 0 radical (unpaired) electrons.